The highest BCUT2D eigenvalue weighted by Crippen LogP contribution is 2.37. The Labute approximate surface area is 94.4 Å². The van der Waals surface area contributed by atoms with Crippen LogP contribution >= 0.6 is 0 Å². The molecule has 2 rings (SSSR count). The van der Waals surface area contributed by atoms with Crippen molar-refractivity contribution < 1.29 is 0 Å². The summed E-state index contributed by atoms with van der Waals surface area (Å²) in [7, 11) is 0. The molecule has 0 spiro atoms. The Bertz CT molecular complexity index is 193. The van der Waals surface area contributed by atoms with Crippen molar-refractivity contribution in [3.8, 4) is 0 Å². The number of hydrogen-bond donors (Lipinski definition) is 1. The molecule has 0 amide bonds. The Morgan fingerprint density at radius 2 is 2.13 bits per heavy atom. The molecule has 0 aromatic carbocycles. The summed E-state index contributed by atoms with van der Waals surface area (Å²) in [5.74, 6) is 0.925. The minimum atomic E-state index is 0.659. The average Bonchev–Trinajstić information content (AvgIpc) is 2.89. The van der Waals surface area contributed by atoms with Crippen LogP contribution in [0.2, 0.25) is 0 Å². The molecule has 0 aromatic heterocycles. The smallest absolute Gasteiger partial charge is 0.00384 e. The summed E-state index contributed by atoms with van der Waals surface area (Å²) in [4.78, 5) is 2.71. The van der Waals surface area contributed by atoms with Gasteiger partial charge in [-0.2, -0.15) is 0 Å². The van der Waals surface area contributed by atoms with Gasteiger partial charge in [0, 0.05) is 13.1 Å². The maximum atomic E-state index is 3.47. The first-order valence-corrected chi connectivity index (χ1v) is 6.71. The van der Waals surface area contributed by atoms with Crippen molar-refractivity contribution in [3.63, 3.8) is 0 Å². The maximum absolute atomic E-state index is 3.47. The molecule has 2 fully saturated rings. The predicted molar refractivity (Wildman–Crippen MR) is 65.0 cm³/mol. The van der Waals surface area contributed by atoms with Gasteiger partial charge in [0.25, 0.3) is 0 Å². The Hall–Kier alpha value is -0.0800. The lowest BCUT2D eigenvalue weighted by molar-refractivity contribution is 0.222. The molecular formula is C13H26N2. The number of hydrogen-bond acceptors (Lipinski definition) is 2. The molecule has 0 aromatic rings. The van der Waals surface area contributed by atoms with Gasteiger partial charge in [0.15, 0.2) is 0 Å². The van der Waals surface area contributed by atoms with Crippen molar-refractivity contribution >= 4 is 0 Å². The summed E-state index contributed by atoms with van der Waals surface area (Å²) in [6, 6.07) is 0. The highest BCUT2D eigenvalue weighted by molar-refractivity contribution is 4.89. The molecule has 2 aliphatic heterocycles. The summed E-state index contributed by atoms with van der Waals surface area (Å²) < 4.78 is 0. The normalized spacial score (nSPS) is 31.2. The van der Waals surface area contributed by atoms with Crippen LogP contribution in [-0.2, 0) is 0 Å². The van der Waals surface area contributed by atoms with Crippen molar-refractivity contribution in [2.24, 2.45) is 11.3 Å². The molecule has 88 valence electrons. The van der Waals surface area contributed by atoms with Crippen LogP contribution in [0.5, 0.6) is 0 Å². The third-order valence-electron chi connectivity index (χ3n) is 4.70. The molecule has 0 saturated carbocycles. The fourth-order valence-electron chi connectivity index (χ4n) is 3.25. The molecule has 0 aliphatic carbocycles. The Morgan fingerprint density at radius 1 is 1.33 bits per heavy atom. The minimum Gasteiger partial charge on any atom is -0.316 e. The number of nitrogens with zero attached hydrogens (tertiary/aromatic N) is 1. The molecule has 15 heavy (non-hydrogen) atoms. The van der Waals surface area contributed by atoms with Gasteiger partial charge in [0.05, 0.1) is 0 Å². The highest BCUT2D eigenvalue weighted by Gasteiger charge is 2.35. The van der Waals surface area contributed by atoms with Gasteiger partial charge in [-0.15, -0.1) is 0 Å². The van der Waals surface area contributed by atoms with Crippen molar-refractivity contribution in [3.05, 3.63) is 0 Å². The lowest BCUT2D eigenvalue weighted by Gasteiger charge is -2.27. The van der Waals surface area contributed by atoms with E-state index in [0.29, 0.717) is 5.41 Å². The van der Waals surface area contributed by atoms with E-state index in [1.807, 2.05) is 0 Å². The quantitative estimate of drug-likeness (QED) is 0.764. The molecule has 1 unspecified atom stereocenters. The zero-order chi connectivity index (χ0) is 10.7. The van der Waals surface area contributed by atoms with Crippen LogP contribution in [0.1, 0.15) is 39.5 Å². The Balaban J connectivity index is 1.81. The molecule has 2 aliphatic rings. The second kappa shape index (κ2) is 4.84. The SMILES string of the molecule is CCC1(CC)CCN(CC2CCNC2)C1. The highest BCUT2D eigenvalue weighted by atomic mass is 15.2. The van der Waals surface area contributed by atoms with Crippen LogP contribution in [0.4, 0.5) is 0 Å². The van der Waals surface area contributed by atoms with Crippen LogP contribution in [0, 0.1) is 11.3 Å². The minimum absolute atomic E-state index is 0.659. The fourth-order valence-corrected chi connectivity index (χ4v) is 3.25. The first kappa shape index (κ1) is 11.4. The lowest BCUT2D eigenvalue weighted by atomic mass is 9.82. The first-order chi connectivity index (χ1) is 7.28. The molecule has 0 bridgehead atoms. The lowest BCUT2D eigenvalue weighted by Crippen LogP contribution is -2.31. The van der Waals surface area contributed by atoms with E-state index in [-0.39, 0.29) is 0 Å². The second-order valence-corrected chi connectivity index (χ2v) is 5.55. The molecule has 1 N–H and O–H groups in total. The zero-order valence-electron chi connectivity index (χ0n) is 10.4. The summed E-state index contributed by atoms with van der Waals surface area (Å²) in [5, 5.41) is 3.47. The molecule has 2 heterocycles. The molecule has 1 atom stereocenters. The van der Waals surface area contributed by atoms with Crippen LogP contribution in [0.25, 0.3) is 0 Å². The van der Waals surface area contributed by atoms with Gasteiger partial charge in [-0.05, 0) is 56.7 Å². The van der Waals surface area contributed by atoms with Gasteiger partial charge in [-0.25, -0.2) is 0 Å². The largest absolute Gasteiger partial charge is 0.316 e. The molecule has 2 nitrogen and oxygen atoms in total. The maximum Gasteiger partial charge on any atom is 0.00384 e. The molecule has 0 radical (unpaired) electrons. The predicted octanol–water partition coefficient (Wildman–Crippen LogP) is 2.11. The number of rotatable bonds is 4. The Kier molecular flexibility index (Phi) is 3.68. The van der Waals surface area contributed by atoms with E-state index >= 15 is 0 Å². The molecular weight excluding hydrogens is 184 g/mol. The van der Waals surface area contributed by atoms with E-state index in [9.17, 15) is 0 Å². The van der Waals surface area contributed by atoms with Gasteiger partial charge in [0.1, 0.15) is 0 Å². The number of nitrogens with one attached hydrogen (secondary N) is 1. The second-order valence-electron chi connectivity index (χ2n) is 5.55. The third-order valence-corrected chi connectivity index (χ3v) is 4.70. The van der Waals surface area contributed by atoms with Gasteiger partial charge in [-0.3, -0.25) is 0 Å². The molecule has 2 heteroatoms. The third kappa shape index (κ3) is 2.54. The fraction of sp³-hybridized carbons (Fsp3) is 1.00. The summed E-state index contributed by atoms with van der Waals surface area (Å²) >= 11 is 0. The van der Waals surface area contributed by atoms with Gasteiger partial charge >= 0.3 is 0 Å². The van der Waals surface area contributed by atoms with E-state index in [0.717, 1.165) is 5.92 Å². The van der Waals surface area contributed by atoms with Crippen LogP contribution in [-0.4, -0.2) is 37.6 Å². The van der Waals surface area contributed by atoms with Crippen LogP contribution < -0.4 is 5.32 Å². The van der Waals surface area contributed by atoms with E-state index in [1.54, 1.807) is 0 Å². The van der Waals surface area contributed by atoms with E-state index in [1.165, 1.54) is 58.4 Å². The van der Waals surface area contributed by atoms with Crippen molar-refractivity contribution in [1.29, 1.82) is 0 Å². The monoisotopic (exact) mass is 210 g/mol. The van der Waals surface area contributed by atoms with Crippen molar-refractivity contribution in [2.75, 3.05) is 32.7 Å². The van der Waals surface area contributed by atoms with Crippen molar-refractivity contribution in [1.82, 2.24) is 10.2 Å². The topological polar surface area (TPSA) is 15.3 Å². The summed E-state index contributed by atoms with van der Waals surface area (Å²) in [6.07, 6.45) is 5.55. The van der Waals surface area contributed by atoms with E-state index < -0.39 is 0 Å². The van der Waals surface area contributed by atoms with Crippen LogP contribution in [0.3, 0.4) is 0 Å². The zero-order valence-corrected chi connectivity index (χ0v) is 10.4. The van der Waals surface area contributed by atoms with Gasteiger partial charge < -0.3 is 10.2 Å². The van der Waals surface area contributed by atoms with E-state index in [4.69, 9.17) is 0 Å². The van der Waals surface area contributed by atoms with Gasteiger partial charge in [0.2, 0.25) is 0 Å². The van der Waals surface area contributed by atoms with Gasteiger partial charge in [-0.1, -0.05) is 13.8 Å². The number of likely N-dealkylation sites (tertiary alicyclic amines) is 1. The molecule has 2 saturated heterocycles. The average molecular weight is 210 g/mol. The van der Waals surface area contributed by atoms with E-state index in [2.05, 4.69) is 24.1 Å². The first-order valence-electron chi connectivity index (χ1n) is 6.71. The van der Waals surface area contributed by atoms with Crippen molar-refractivity contribution in [2.45, 2.75) is 39.5 Å². The summed E-state index contributed by atoms with van der Waals surface area (Å²) in [5.41, 5.74) is 0.659. The standard InChI is InChI=1S/C13H26N2/c1-3-13(4-2)6-8-15(11-13)10-12-5-7-14-9-12/h12,14H,3-11H2,1-2H3. The van der Waals surface area contributed by atoms with Crippen LogP contribution in [0.15, 0.2) is 0 Å². The summed E-state index contributed by atoms with van der Waals surface area (Å²) in [6.45, 7) is 11.3. The Morgan fingerprint density at radius 3 is 2.67 bits per heavy atom.